The molecule has 4 atom stereocenters. The van der Waals surface area contributed by atoms with Crippen LogP contribution in [0.25, 0.3) is 0 Å². The van der Waals surface area contributed by atoms with Crippen LogP contribution in [0.3, 0.4) is 0 Å². The van der Waals surface area contributed by atoms with Crippen LogP contribution in [-0.2, 0) is 33.6 Å². The molecule has 202 valence electrons. The lowest BCUT2D eigenvalue weighted by Gasteiger charge is -2.22. The number of amides is 5. The maximum absolute atomic E-state index is 12.4. The molecule has 0 aromatic heterocycles. The van der Waals surface area contributed by atoms with Crippen molar-refractivity contribution < 1.29 is 48.9 Å². The quantitative estimate of drug-likeness (QED) is 0.0953. The number of carboxylic acid groups (broad SMARTS) is 2. The van der Waals surface area contributed by atoms with E-state index < -0.39 is 91.8 Å². The Morgan fingerprint density at radius 2 is 1.58 bits per heavy atom. The third-order valence-corrected chi connectivity index (χ3v) is 5.47. The number of carbonyl (C=O) groups excluding carboxylic acids is 5. The number of aliphatic hydroxyl groups is 1. The molecule has 17 heteroatoms. The summed E-state index contributed by atoms with van der Waals surface area (Å²) in [4.78, 5) is 84.0. The first-order chi connectivity index (χ1) is 16.9. The van der Waals surface area contributed by atoms with Gasteiger partial charge in [-0.05, 0) is 12.8 Å². The molecular weight excluding hydrogens is 504 g/mol. The number of thiol groups is 1. The van der Waals surface area contributed by atoms with Crippen LogP contribution < -0.4 is 27.0 Å². The molecule has 0 saturated carbocycles. The van der Waals surface area contributed by atoms with Crippen molar-refractivity contribution in [2.45, 2.75) is 43.4 Å². The van der Waals surface area contributed by atoms with Crippen molar-refractivity contribution in [1.29, 1.82) is 0 Å². The normalized spacial score (nSPS) is 17.3. The van der Waals surface area contributed by atoms with Gasteiger partial charge in [0, 0.05) is 12.3 Å². The Labute approximate surface area is 210 Å². The summed E-state index contributed by atoms with van der Waals surface area (Å²) in [5, 5.41) is 36.1. The highest BCUT2D eigenvalue weighted by Crippen LogP contribution is 2.17. The minimum absolute atomic E-state index is 0.0826. The second-order valence-electron chi connectivity index (χ2n) is 7.77. The first-order valence-corrected chi connectivity index (χ1v) is 11.4. The number of nitrogens with one attached hydrogen (secondary N) is 4. The van der Waals surface area contributed by atoms with Gasteiger partial charge in [0.25, 0.3) is 0 Å². The molecule has 1 heterocycles. The molecule has 16 nitrogen and oxygen atoms in total. The largest absolute Gasteiger partial charge is 0.481 e. The Balaban J connectivity index is 2.59. The summed E-state index contributed by atoms with van der Waals surface area (Å²) in [7, 11) is 0. The second kappa shape index (κ2) is 14.8. The van der Waals surface area contributed by atoms with Crippen molar-refractivity contribution in [1.82, 2.24) is 26.2 Å². The van der Waals surface area contributed by atoms with Gasteiger partial charge in [0.15, 0.2) is 0 Å². The molecule has 1 saturated heterocycles. The number of likely N-dealkylation sites (tertiary alicyclic amines) is 1. The molecular formula is C19H30N6O10S. The molecule has 5 amide bonds. The zero-order chi connectivity index (χ0) is 27.4. The number of aliphatic hydroxyl groups excluding tert-OH is 1. The van der Waals surface area contributed by atoms with Gasteiger partial charge in [-0.3, -0.25) is 28.8 Å². The molecule has 0 radical (unpaired) electrons. The highest BCUT2D eigenvalue weighted by Gasteiger charge is 2.34. The lowest BCUT2D eigenvalue weighted by atomic mass is 10.1. The van der Waals surface area contributed by atoms with Crippen LogP contribution >= 0.6 is 12.6 Å². The average molecular weight is 535 g/mol. The van der Waals surface area contributed by atoms with E-state index in [1.54, 1.807) is 0 Å². The van der Waals surface area contributed by atoms with Crippen LogP contribution in [0, 0.1) is 0 Å². The van der Waals surface area contributed by atoms with E-state index in [0.29, 0.717) is 12.8 Å². The third kappa shape index (κ3) is 9.67. The first-order valence-electron chi connectivity index (χ1n) is 10.8. The van der Waals surface area contributed by atoms with Crippen LogP contribution in [0.1, 0.15) is 19.3 Å². The Morgan fingerprint density at radius 1 is 0.944 bits per heavy atom. The Bertz CT molecular complexity index is 872. The molecule has 0 unspecified atom stereocenters. The van der Waals surface area contributed by atoms with E-state index in [-0.39, 0.29) is 12.3 Å². The van der Waals surface area contributed by atoms with Gasteiger partial charge in [0.1, 0.15) is 18.1 Å². The minimum atomic E-state index is -1.61. The number of nitrogens with zero attached hydrogens (tertiary/aromatic N) is 1. The first kappa shape index (κ1) is 30.6. The number of carboxylic acids is 2. The molecule has 0 spiro atoms. The highest BCUT2D eigenvalue weighted by atomic mass is 32.1. The summed E-state index contributed by atoms with van der Waals surface area (Å²) in [6, 6.07) is -5.30. The van der Waals surface area contributed by atoms with Gasteiger partial charge in [0.2, 0.25) is 29.5 Å². The number of hydrogen-bond donors (Lipinski definition) is 9. The van der Waals surface area contributed by atoms with Gasteiger partial charge < -0.3 is 47.2 Å². The van der Waals surface area contributed by atoms with E-state index in [0.717, 1.165) is 4.90 Å². The predicted octanol–water partition coefficient (Wildman–Crippen LogP) is -5.01. The summed E-state index contributed by atoms with van der Waals surface area (Å²) in [5.74, 6) is -7.04. The number of carbonyl (C=O) groups is 7. The molecule has 0 aliphatic carbocycles. The number of aliphatic carboxylic acids is 2. The van der Waals surface area contributed by atoms with E-state index in [4.69, 9.17) is 15.9 Å². The minimum Gasteiger partial charge on any atom is -0.481 e. The van der Waals surface area contributed by atoms with Gasteiger partial charge in [-0.1, -0.05) is 0 Å². The fraction of sp³-hybridized carbons (Fsp3) is 0.632. The van der Waals surface area contributed by atoms with Crippen molar-refractivity contribution >= 4 is 54.1 Å². The summed E-state index contributed by atoms with van der Waals surface area (Å²) in [6.07, 6.45) is -0.0227. The van der Waals surface area contributed by atoms with Gasteiger partial charge in [0.05, 0.1) is 32.2 Å². The molecule has 1 rings (SSSR count). The van der Waals surface area contributed by atoms with Crippen LogP contribution in [0.4, 0.5) is 0 Å². The van der Waals surface area contributed by atoms with Crippen LogP contribution in [0.15, 0.2) is 0 Å². The standard InChI is InChI=1S/C19H30N6O10S/c20-9(8-36)16(31)23-10(4-15(29)30)18(33)24-11(7-26)17(32)22-5-13(27)21-6-14(28)25-3-1-2-12(25)19(34)35/h9-12,26,36H,1-8,20H2,(H,21,27)(H,22,32)(H,23,31)(H,24,33)(H,29,30)(H,34,35)/t9-,10-,11-,12-/m0/s1. The van der Waals surface area contributed by atoms with Crippen LogP contribution in [0.2, 0.25) is 0 Å². The van der Waals surface area contributed by atoms with Crippen molar-refractivity contribution in [2.24, 2.45) is 5.73 Å². The Hall–Kier alpha value is -3.44. The topological polar surface area (TPSA) is 258 Å². The zero-order valence-electron chi connectivity index (χ0n) is 19.1. The van der Waals surface area contributed by atoms with E-state index >= 15 is 0 Å². The summed E-state index contributed by atoms with van der Waals surface area (Å²) in [5.41, 5.74) is 5.48. The smallest absolute Gasteiger partial charge is 0.326 e. The summed E-state index contributed by atoms with van der Waals surface area (Å²) < 4.78 is 0. The molecule has 1 aliphatic rings. The van der Waals surface area contributed by atoms with Crippen molar-refractivity contribution in [3.8, 4) is 0 Å². The zero-order valence-corrected chi connectivity index (χ0v) is 20.0. The molecule has 0 aromatic rings. The fourth-order valence-electron chi connectivity index (χ4n) is 3.16. The van der Waals surface area contributed by atoms with Gasteiger partial charge >= 0.3 is 11.9 Å². The molecule has 9 N–H and O–H groups in total. The SMILES string of the molecule is N[C@@H](CS)C(=O)N[C@@H](CC(=O)O)C(=O)N[C@@H](CO)C(=O)NCC(=O)NCC(=O)N1CCC[C@H]1C(=O)O. The van der Waals surface area contributed by atoms with Gasteiger partial charge in [-0.25, -0.2) is 4.79 Å². The number of rotatable bonds is 14. The summed E-state index contributed by atoms with van der Waals surface area (Å²) >= 11 is 3.83. The lowest BCUT2D eigenvalue weighted by Crippen LogP contribution is -2.57. The van der Waals surface area contributed by atoms with E-state index in [9.17, 15) is 38.7 Å². The van der Waals surface area contributed by atoms with Crippen molar-refractivity contribution in [3.63, 3.8) is 0 Å². The lowest BCUT2D eigenvalue weighted by molar-refractivity contribution is -0.148. The van der Waals surface area contributed by atoms with Crippen molar-refractivity contribution in [3.05, 3.63) is 0 Å². The monoisotopic (exact) mass is 534 g/mol. The van der Waals surface area contributed by atoms with E-state index in [2.05, 4.69) is 33.9 Å². The average Bonchev–Trinajstić information content (AvgIpc) is 3.33. The second-order valence-corrected chi connectivity index (χ2v) is 8.13. The number of hydrogen-bond acceptors (Lipinski definition) is 10. The maximum Gasteiger partial charge on any atom is 0.326 e. The fourth-order valence-corrected chi connectivity index (χ4v) is 3.33. The Kier molecular flexibility index (Phi) is 12.6. The van der Waals surface area contributed by atoms with Gasteiger partial charge in [-0.15, -0.1) is 0 Å². The molecule has 36 heavy (non-hydrogen) atoms. The van der Waals surface area contributed by atoms with Gasteiger partial charge in [-0.2, -0.15) is 12.6 Å². The molecule has 0 bridgehead atoms. The molecule has 1 fully saturated rings. The summed E-state index contributed by atoms with van der Waals surface area (Å²) in [6.45, 7) is -1.83. The third-order valence-electron chi connectivity index (χ3n) is 5.08. The predicted molar refractivity (Wildman–Crippen MR) is 123 cm³/mol. The van der Waals surface area contributed by atoms with E-state index in [1.165, 1.54) is 0 Å². The van der Waals surface area contributed by atoms with Crippen molar-refractivity contribution in [2.75, 3.05) is 32.0 Å². The molecule has 0 aromatic carbocycles. The van der Waals surface area contributed by atoms with Crippen LogP contribution in [-0.4, -0.2) is 118 Å². The highest BCUT2D eigenvalue weighted by molar-refractivity contribution is 7.80. The maximum atomic E-state index is 12.4. The van der Waals surface area contributed by atoms with Crippen LogP contribution in [0.5, 0.6) is 0 Å². The number of nitrogens with two attached hydrogens (primary N) is 1. The molecule has 1 aliphatic heterocycles. The van der Waals surface area contributed by atoms with E-state index in [1.807, 2.05) is 0 Å². The Morgan fingerprint density at radius 3 is 2.14 bits per heavy atom.